The summed E-state index contributed by atoms with van der Waals surface area (Å²) < 4.78 is 2.78. The zero-order valence-electron chi connectivity index (χ0n) is 9.62. The smallest absolute Gasteiger partial charge is 0.124 e. The summed E-state index contributed by atoms with van der Waals surface area (Å²) in [5.74, 6) is 0.115. The predicted octanol–water partition coefficient (Wildman–Crippen LogP) is 5.00. The fraction of sp³-hybridized carbons (Fsp3) is 0.0769. The average Bonchev–Trinajstić information content (AvgIpc) is 2.30. The molecule has 100 valence electrons. The SMILES string of the molecule is Oc1ccc(CNc2c(Br)cc(Br)cc2Br)c(O)c1. The number of hydrogen-bond acceptors (Lipinski definition) is 3. The van der Waals surface area contributed by atoms with E-state index in [0.29, 0.717) is 12.1 Å². The van der Waals surface area contributed by atoms with Gasteiger partial charge in [-0.15, -0.1) is 0 Å². The number of anilines is 1. The lowest BCUT2D eigenvalue weighted by Crippen LogP contribution is -2.01. The van der Waals surface area contributed by atoms with Crippen LogP contribution in [0.3, 0.4) is 0 Å². The van der Waals surface area contributed by atoms with Crippen molar-refractivity contribution in [3.05, 3.63) is 49.3 Å². The van der Waals surface area contributed by atoms with Gasteiger partial charge in [-0.05, 0) is 56.1 Å². The Morgan fingerprint density at radius 2 is 1.58 bits per heavy atom. The van der Waals surface area contributed by atoms with Crippen LogP contribution in [-0.4, -0.2) is 10.2 Å². The number of nitrogens with one attached hydrogen (secondary N) is 1. The predicted molar refractivity (Wildman–Crippen MR) is 86.6 cm³/mol. The van der Waals surface area contributed by atoms with Crippen LogP contribution in [0, 0.1) is 0 Å². The van der Waals surface area contributed by atoms with Gasteiger partial charge in [-0.3, -0.25) is 0 Å². The lowest BCUT2D eigenvalue weighted by atomic mass is 10.2. The highest BCUT2D eigenvalue weighted by atomic mass is 79.9. The minimum absolute atomic E-state index is 0.0484. The molecule has 0 saturated carbocycles. The van der Waals surface area contributed by atoms with E-state index >= 15 is 0 Å². The average molecular weight is 452 g/mol. The van der Waals surface area contributed by atoms with Crippen molar-refractivity contribution in [3.63, 3.8) is 0 Å². The summed E-state index contributed by atoms with van der Waals surface area (Å²) in [4.78, 5) is 0. The number of hydrogen-bond donors (Lipinski definition) is 3. The fourth-order valence-corrected chi connectivity index (χ4v) is 4.14. The largest absolute Gasteiger partial charge is 0.508 e. The van der Waals surface area contributed by atoms with Crippen molar-refractivity contribution < 1.29 is 10.2 Å². The van der Waals surface area contributed by atoms with Crippen molar-refractivity contribution in [2.45, 2.75) is 6.54 Å². The van der Waals surface area contributed by atoms with Crippen molar-refractivity contribution in [3.8, 4) is 11.5 Å². The van der Waals surface area contributed by atoms with Gasteiger partial charge in [-0.1, -0.05) is 15.9 Å². The molecule has 0 unspecified atom stereocenters. The Balaban J connectivity index is 2.19. The fourth-order valence-electron chi connectivity index (χ4n) is 1.60. The van der Waals surface area contributed by atoms with E-state index in [1.807, 2.05) is 12.1 Å². The third-order valence-corrected chi connectivity index (χ3v) is 4.24. The zero-order chi connectivity index (χ0) is 14.0. The topological polar surface area (TPSA) is 52.5 Å². The van der Waals surface area contributed by atoms with Crippen LogP contribution in [-0.2, 0) is 6.54 Å². The second kappa shape index (κ2) is 6.15. The molecule has 0 aliphatic carbocycles. The maximum absolute atomic E-state index is 9.72. The summed E-state index contributed by atoms with van der Waals surface area (Å²) in [5, 5.41) is 22.2. The van der Waals surface area contributed by atoms with Crippen LogP contribution >= 0.6 is 47.8 Å². The van der Waals surface area contributed by atoms with Gasteiger partial charge in [0.15, 0.2) is 0 Å². The molecule has 2 rings (SSSR count). The van der Waals surface area contributed by atoms with Crippen LogP contribution in [0.25, 0.3) is 0 Å². The number of phenols is 2. The summed E-state index contributed by atoms with van der Waals surface area (Å²) in [5.41, 5.74) is 1.61. The molecule has 19 heavy (non-hydrogen) atoms. The molecule has 2 aromatic rings. The highest BCUT2D eigenvalue weighted by Crippen LogP contribution is 2.35. The summed E-state index contributed by atoms with van der Waals surface area (Å²) in [6, 6.07) is 8.41. The van der Waals surface area contributed by atoms with Crippen LogP contribution in [0.1, 0.15) is 5.56 Å². The molecule has 0 aliphatic rings. The number of halogens is 3. The molecule has 0 fully saturated rings. The van der Waals surface area contributed by atoms with E-state index in [9.17, 15) is 10.2 Å². The molecule has 0 amide bonds. The van der Waals surface area contributed by atoms with Crippen molar-refractivity contribution >= 4 is 53.5 Å². The van der Waals surface area contributed by atoms with Gasteiger partial charge in [0.05, 0.1) is 5.69 Å². The maximum Gasteiger partial charge on any atom is 0.124 e. The zero-order valence-corrected chi connectivity index (χ0v) is 14.4. The Morgan fingerprint density at radius 1 is 0.947 bits per heavy atom. The Labute approximate surface area is 136 Å². The highest BCUT2D eigenvalue weighted by molar-refractivity contribution is 9.11. The van der Waals surface area contributed by atoms with Crippen LogP contribution in [0.2, 0.25) is 0 Å². The summed E-state index contributed by atoms with van der Waals surface area (Å²) >= 11 is 10.4. The van der Waals surface area contributed by atoms with Gasteiger partial charge in [0.2, 0.25) is 0 Å². The molecule has 6 heteroatoms. The Morgan fingerprint density at radius 3 is 2.16 bits per heavy atom. The van der Waals surface area contributed by atoms with Crippen molar-refractivity contribution in [2.24, 2.45) is 0 Å². The molecule has 3 N–H and O–H groups in total. The molecular formula is C13H10Br3NO2. The Hall–Kier alpha value is -0.720. The van der Waals surface area contributed by atoms with Gasteiger partial charge < -0.3 is 15.5 Å². The molecular weight excluding hydrogens is 442 g/mol. The quantitative estimate of drug-likeness (QED) is 0.615. The van der Waals surface area contributed by atoms with E-state index < -0.39 is 0 Å². The van der Waals surface area contributed by atoms with Crippen LogP contribution < -0.4 is 5.32 Å². The summed E-state index contributed by atoms with van der Waals surface area (Å²) in [6.07, 6.45) is 0. The Bertz CT molecular complexity index is 594. The molecule has 0 radical (unpaired) electrons. The van der Waals surface area contributed by atoms with E-state index in [1.165, 1.54) is 6.07 Å². The lowest BCUT2D eigenvalue weighted by molar-refractivity contribution is 0.446. The van der Waals surface area contributed by atoms with Crippen LogP contribution in [0.5, 0.6) is 11.5 Å². The van der Waals surface area contributed by atoms with Crippen LogP contribution in [0.4, 0.5) is 5.69 Å². The first-order chi connectivity index (χ1) is 8.97. The third kappa shape index (κ3) is 3.64. The second-order valence-corrected chi connectivity index (χ2v) is 6.54. The van der Waals surface area contributed by atoms with Crippen LogP contribution in [0.15, 0.2) is 43.7 Å². The number of aromatic hydroxyl groups is 2. The van der Waals surface area contributed by atoms with Crippen molar-refractivity contribution in [1.29, 1.82) is 0 Å². The van der Waals surface area contributed by atoms with Crippen molar-refractivity contribution in [1.82, 2.24) is 0 Å². The first-order valence-corrected chi connectivity index (χ1v) is 7.74. The van der Waals surface area contributed by atoms with E-state index in [2.05, 4.69) is 53.1 Å². The van der Waals surface area contributed by atoms with E-state index in [4.69, 9.17) is 0 Å². The van der Waals surface area contributed by atoms with Gasteiger partial charge in [0.1, 0.15) is 11.5 Å². The molecule has 0 bridgehead atoms. The summed E-state index contributed by atoms with van der Waals surface area (Å²) in [6.45, 7) is 0.449. The molecule has 0 saturated heterocycles. The first-order valence-electron chi connectivity index (χ1n) is 5.36. The normalized spacial score (nSPS) is 10.5. The van der Waals surface area contributed by atoms with E-state index in [-0.39, 0.29) is 11.5 Å². The molecule has 0 heterocycles. The van der Waals surface area contributed by atoms with Gasteiger partial charge in [-0.2, -0.15) is 0 Å². The first kappa shape index (κ1) is 14.7. The standard InChI is InChI=1S/C13H10Br3NO2/c14-8-3-10(15)13(11(16)4-8)17-6-7-1-2-9(18)5-12(7)19/h1-5,17-19H,6H2. The molecule has 0 aliphatic heterocycles. The number of phenolic OH excluding ortho intramolecular Hbond substituents is 2. The monoisotopic (exact) mass is 449 g/mol. The van der Waals surface area contributed by atoms with Gasteiger partial charge >= 0.3 is 0 Å². The lowest BCUT2D eigenvalue weighted by Gasteiger charge is -2.12. The number of benzene rings is 2. The highest BCUT2D eigenvalue weighted by Gasteiger charge is 2.08. The molecule has 3 nitrogen and oxygen atoms in total. The molecule has 2 aromatic carbocycles. The maximum atomic E-state index is 9.72. The van der Waals surface area contributed by atoms with Gasteiger partial charge in [0, 0.05) is 31.6 Å². The molecule has 0 spiro atoms. The molecule has 0 aromatic heterocycles. The number of rotatable bonds is 3. The second-order valence-electron chi connectivity index (χ2n) is 3.91. The summed E-state index contributed by atoms with van der Waals surface area (Å²) in [7, 11) is 0. The van der Waals surface area contributed by atoms with Gasteiger partial charge in [-0.25, -0.2) is 0 Å². The minimum atomic E-state index is 0.0484. The third-order valence-electron chi connectivity index (χ3n) is 2.53. The molecule has 0 atom stereocenters. The van der Waals surface area contributed by atoms with E-state index in [0.717, 1.165) is 19.1 Å². The Kier molecular flexibility index (Phi) is 4.76. The van der Waals surface area contributed by atoms with E-state index in [1.54, 1.807) is 12.1 Å². The van der Waals surface area contributed by atoms with Crippen molar-refractivity contribution in [2.75, 3.05) is 5.32 Å². The van der Waals surface area contributed by atoms with Gasteiger partial charge in [0.25, 0.3) is 0 Å². The minimum Gasteiger partial charge on any atom is -0.508 e.